The Morgan fingerprint density at radius 3 is 1.57 bits per heavy atom. The number of furan rings is 2. The van der Waals surface area contributed by atoms with Crippen molar-refractivity contribution in [3.63, 3.8) is 0 Å². The first-order valence-electron chi connectivity index (χ1n) is 18.5. The number of hydrogen-bond donors (Lipinski definition) is 0. The zero-order valence-corrected chi connectivity index (χ0v) is 29.1. The molecule has 0 aliphatic carbocycles. The van der Waals surface area contributed by atoms with E-state index in [-0.39, 0.29) is 0 Å². The van der Waals surface area contributed by atoms with Crippen molar-refractivity contribution in [3.8, 4) is 33.4 Å². The Bertz CT molecular complexity index is 3450. The number of fused-ring (bicyclic) bond motifs is 11. The van der Waals surface area contributed by atoms with Gasteiger partial charge in [0.05, 0.1) is 0 Å². The summed E-state index contributed by atoms with van der Waals surface area (Å²) in [6, 6.07) is 65.6. The average Bonchev–Trinajstić information content (AvgIpc) is 3.81. The average molecular weight is 687 g/mol. The molecule has 0 saturated carbocycles. The second-order valence-electron chi connectivity index (χ2n) is 14.3. The van der Waals surface area contributed by atoms with Gasteiger partial charge in [-0.15, -0.1) is 0 Å². The molecule has 0 amide bonds. The maximum atomic E-state index is 6.94. The highest BCUT2D eigenvalue weighted by Gasteiger charge is 2.23. The van der Waals surface area contributed by atoms with Crippen molar-refractivity contribution in [2.45, 2.75) is 0 Å². The fraction of sp³-hybridized carbons (Fsp3) is 0. The molecule has 0 aliphatic rings. The zero-order valence-electron chi connectivity index (χ0n) is 29.1. The van der Waals surface area contributed by atoms with Crippen molar-refractivity contribution in [2.24, 2.45) is 0 Å². The number of benzene rings is 10. The molecule has 250 valence electrons. The molecular formula is C52H30O2. The van der Waals surface area contributed by atoms with Gasteiger partial charge in [-0.25, -0.2) is 0 Å². The predicted octanol–water partition coefficient (Wildman–Crippen LogP) is 15.1. The van der Waals surface area contributed by atoms with Crippen molar-refractivity contribution < 1.29 is 8.83 Å². The normalized spacial score (nSPS) is 12.1. The number of hydrogen-bond acceptors (Lipinski definition) is 2. The van der Waals surface area contributed by atoms with Crippen molar-refractivity contribution in [2.75, 3.05) is 0 Å². The standard InChI is InChI=1S/C52H30O2/c1-2-13-33-31(12-1)24-26-36-35(33)20-11-21-38(36)49-39-15-3-5-17-41(39)50(42-18-6-4-16-40(42)49)44-28-27-34(51-43-19-8-10-23-47(43)54-52(44)51)32-25-29-48-45(30-32)37-14-7-9-22-46(37)53-48/h1-30H. The maximum Gasteiger partial charge on any atom is 0.143 e. The third-order valence-corrected chi connectivity index (χ3v) is 11.5. The lowest BCUT2D eigenvalue weighted by atomic mass is 9.83. The van der Waals surface area contributed by atoms with E-state index in [1.165, 1.54) is 59.8 Å². The summed E-state index contributed by atoms with van der Waals surface area (Å²) in [4.78, 5) is 0. The fourth-order valence-electron chi connectivity index (χ4n) is 9.13. The molecule has 0 saturated heterocycles. The first-order chi connectivity index (χ1) is 26.8. The van der Waals surface area contributed by atoms with Gasteiger partial charge in [-0.1, -0.05) is 152 Å². The van der Waals surface area contributed by atoms with Crippen LogP contribution in [0.4, 0.5) is 0 Å². The summed E-state index contributed by atoms with van der Waals surface area (Å²) in [6.07, 6.45) is 0. The molecular weight excluding hydrogens is 657 g/mol. The van der Waals surface area contributed by atoms with E-state index in [0.29, 0.717) is 0 Å². The minimum Gasteiger partial charge on any atom is -0.456 e. The van der Waals surface area contributed by atoms with Gasteiger partial charge in [0.25, 0.3) is 0 Å². The minimum atomic E-state index is 0.879. The first kappa shape index (κ1) is 29.4. The molecule has 10 aromatic carbocycles. The Hall–Kier alpha value is -7.16. The summed E-state index contributed by atoms with van der Waals surface area (Å²) in [6.45, 7) is 0. The van der Waals surface area contributed by atoms with Crippen LogP contribution in [0, 0.1) is 0 Å². The SMILES string of the molecule is c1ccc2c(c1)ccc1c(-c3c4ccccc4c(-c4ccc(-c5ccc6oc7ccccc7c6c5)c5c4oc4ccccc45)c4ccccc34)cccc12. The lowest BCUT2D eigenvalue weighted by Crippen LogP contribution is -1.92. The third kappa shape index (κ3) is 4.11. The maximum absolute atomic E-state index is 6.94. The monoisotopic (exact) mass is 686 g/mol. The van der Waals surface area contributed by atoms with E-state index in [2.05, 4.69) is 170 Å². The molecule has 2 aromatic heterocycles. The van der Waals surface area contributed by atoms with Gasteiger partial charge in [0.2, 0.25) is 0 Å². The van der Waals surface area contributed by atoms with Gasteiger partial charge in [-0.2, -0.15) is 0 Å². The van der Waals surface area contributed by atoms with Crippen LogP contribution in [0.1, 0.15) is 0 Å². The lowest BCUT2D eigenvalue weighted by Gasteiger charge is -2.19. The minimum absolute atomic E-state index is 0.879. The predicted molar refractivity (Wildman–Crippen MR) is 227 cm³/mol. The smallest absolute Gasteiger partial charge is 0.143 e. The second-order valence-corrected chi connectivity index (χ2v) is 14.3. The van der Waals surface area contributed by atoms with Crippen molar-refractivity contribution in [1.82, 2.24) is 0 Å². The molecule has 0 aliphatic heterocycles. The van der Waals surface area contributed by atoms with Crippen molar-refractivity contribution in [1.29, 1.82) is 0 Å². The lowest BCUT2D eigenvalue weighted by molar-refractivity contribution is 0.669. The molecule has 0 N–H and O–H groups in total. The van der Waals surface area contributed by atoms with Crippen LogP contribution in [-0.2, 0) is 0 Å². The second kappa shape index (κ2) is 11.2. The van der Waals surface area contributed by atoms with E-state index in [1.54, 1.807) is 0 Å². The highest BCUT2D eigenvalue weighted by molar-refractivity contribution is 6.27. The molecule has 0 bridgehead atoms. The van der Waals surface area contributed by atoms with Crippen LogP contribution in [0.3, 0.4) is 0 Å². The molecule has 2 heteroatoms. The Morgan fingerprint density at radius 1 is 0.278 bits per heavy atom. The molecule has 0 fully saturated rings. The van der Waals surface area contributed by atoms with Gasteiger partial charge < -0.3 is 8.83 Å². The van der Waals surface area contributed by atoms with Gasteiger partial charge in [-0.3, -0.25) is 0 Å². The van der Waals surface area contributed by atoms with E-state index in [1.807, 2.05) is 12.1 Å². The van der Waals surface area contributed by atoms with Crippen LogP contribution >= 0.6 is 0 Å². The molecule has 12 aromatic rings. The van der Waals surface area contributed by atoms with E-state index < -0.39 is 0 Å². The van der Waals surface area contributed by atoms with Gasteiger partial charge in [-0.05, 0) is 95.7 Å². The van der Waals surface area contributed by atoms with Crippen LogP contribution in [0.5, 0.6) is 0 Å². The van der Waals surface area contributed by atoms with Crippen LogP contribution in [0.15, 0.2) is 191 Å². The van der Waals surface area contributed by atoms with Crippen molar-refractivity contribution in [3.05, 3.63) is 182 Å². The molecule has 2 nitrogen and oxygen atoms in total. The molecule has 0 spiro atoms. The number of rotatable bonds is 3. The molecule has 2 heterocycles. The Balaban J connectivity index is 1.17. The van der Waals surface area contributed by atoms with Crippen LogP contribution < -0.4 is 0 Å². The van der Waals surface area contributed by atoms with E-state index >= 15 is 0 Å². The topological polar surface area (TPSA) is 26.3 Å². The third-order valence-electron chi connectivity index (χ3n) is 11.5. The molecule has 0 atom stereocenters. The Morgan fingerprint density at radius 2 is 0.833 bits per heavy atom. The summed E-state index contributed by atoms with van der Waals surface area (Å²) in [5.74, 6) is 0. The first-order valence-corrected chi connectivity index (χ1v) is 18.5. The largest absolute Gasteiger partial charge is 0.456 e. The van der Waals surface area contributed by atoms with E-state index in [4.69, 9.17) is 8.83 Å². The highest BCUT2D eigenvalue weighted by Crippen LogP contribution is 2.49. The summed E-state index contributed by atoms with van der Waals surface area (Å²) < 4.78 is 13.1. The van der Waals surface area contributed by atoms with Crippen LogP contribution in [0.2, 0.25) is 0 Å². The Kier molecular flexibility index (Phi) is 6.09. The highest BCUT2D eigenvalue weighted by atomic mass is 16.3. The van der Waals surface area contributed by atoms with Crippen molar-refractivity contribution >= 4 is 87.0 Å². The summed E-state index contributed by atoms with van der Waals surface area (Å²) in [5, 5.41) is 14.3. The summed E-state index contributed by atoms with van der Waals surface area (Å²) >= 11 is 0. The van der Waals surface area contributed by atoms with Crippen LogP contribution in [0.25, 0.3) is 120 Å². The summed E-state index contributed by atoms with van der Waals surface area (Å²) in [7, 11) is 0. The summed E-state index contributed by atoms with van der Waals surface area (Å²) in [5.41, 5.74) is 10.6. The van der Waals surface area contributed by atoms with E-state index in [0.717, 1.165) is 60.6 Å². The van der Waals surface area contributed by atoms with Gasteiger partial charge >= 0.3 is 0 Å². The molecule has 0 radical (unpaired) electrons. The quantitative estimate of drug-likeness (QED) is 0.137. The van der Waals surface area contributed by atoms with Crippen LogP contribution in [-0.4, -0.2) is 0 Å². The number of para-hydroxylation sites is 2. The van der Waals surface area contributed by atoms with Gasteiger partial charge in [0, 0.05) is 32.7 Å². The molecule has 54 heavy (non-hydrogen) atoms. The van der Waals surface area contributed by atoms with E-state index in [9.17, 15) is 0 Å². The Labute approximate surface area is 310 Å². The molecule has 12 rings (SSSR count). The molecule has 0 unspecified atom stereocenters. The zero-order chi connectivity index (χ0) is 35.3. The fourth-order valence-corrected chi connectivity index (χ4v) is 9.13. The van der Waals surface area contributed by atoms with Gasteiger partial charge in [0.15, 0.2) is 0 Å². The van der Waals surface area contributed by atoms with Gasteiger partial charge in [0.1, 0.15) is 22.3 Å².